The summed E-state index contributed by atoms with van der Waals surface area (Å²) in [6, 6.07) is 0.669. The molecule has 17 heavy (non-hydrogen) atoms. The van der Waals surface area contributed by atoms with Gasteiger partial charge in [-0.1, -0.05) is 27.2 Å². The van der Waals surface area contributed by atoms with Crippen LogP contribution >= 0.6 is 0 Å². The molecule has 96 valence electrons. The lowest BCUT2D eigenvalue weighted by molar-refractivity contribution is 0.329. The number of nitrogens with zero attached hydrogens (tertiary/aromatic N) is 2. The van der Waals surface area contributed by atoms with Gasteiger partial charge in [-0.05, 0) is 31.2 Å². The Morgan fingerprint density at radius 1 is 1.41 bits per heavy atom. The van der Waals surface area contributed by atoms with E-state index in [2.05, 4.69) is 41.8 Å². The molecule has 0 bridgehead atoms. The fraction of sp³-hybridized carbons (Fsp3) is 0.786. The summed E-state index contributed by atoms with van der Waals surface area (Å²) >= 11 is 0. The molecule has 1 heterocycles. The van der Waals surface area contributed by atoms with Crippen LogP contribution < -0.4 is 5.32 Å². The molecular weight excluding hydrogens is 210 g/mol. The quantitative estimate of drug-likeness (QED) is 0.850. The van der Waals surface area contributed by atoms with Crippen LogP contribution in [0.25, 0.3) is 0 Å². The predicted octanol–water partition coefficient (Wildman–Crippen LogP) is 2.99. The van der Waals surface area contributed by atoms with Crippen LogP contribution in [0.4, 0.5) is 0 Å². The maximum atomic E-state index is 4.48. The molecule has 0 amide bonds. The van der Waals surface area contributed by atoms with E-state index in [0.29, 0.717) is 6.04 Å². The SMILES string of the molecule is CCNCc1cn(C2CCC(CC)C2C)cn1. The molecule has 3 nitrogen and oxygen atoms in total. The van der Waals surface area contributed by atoms with Gasteiger partial charge in [-0.25, -0.2) is 4.98 Å². The maximum absolute atomic E-state index is 4.48. The highest BCUT2D eigenvalue weighted by molar-refractivity contribution is 5.00. The van der Waals surface area contributed by atoms with Crippen molar-refractivity contribution in [2.75, 3.05) is 6.54 Å². The zero-order chi connectivity index (χ0) is 12.3. The van der Waals surface area contributed by atoms with Crippen LogP contribution in [0.3, 0.4) is 0 Å². The highest BCUT2D eigenvalue weighted by atomic mass is 15.1. The maximum Gasteiger partial charge on any atom is 0.0952 e. The lowest BCUT2D eigenvalue weighted by Crippen LogP contribution is -2.14. The van der Waals surface area contributed by atoms with Crippen molar-refractivity contribution in [2.24, 2.45) is 11.8 Å². The molecule has 1 aromatic heterocycles. The van der Waals surface area contributed by atoms with Crippen molar-refractivity contribution in [3.8, 4) is 0 Å². The van der Waals surface area contributed by atoms with E-state index < -0.39 is 0 Å². The van der Waals surface area contributed by atoms with Crippen molar-refractivity contribution < 1.29 is 0 Å². The third-order valence-electron chi connectivity index (χ3n) is 4.30. The summed E-state index contributed by atoms with van der Waals surface area (Å²) in [6.45, 7) is 8.73. The van der Waals surface area contributed by atoms with Crippen LogP contribution in [0.1, 0.15) is 51.8 Å². The molecular formula is C14H25N3. The number of hydrogen-bond acceptors (Lipinski definition) is 2. The molecule has 3 heteroatoms. The second-order valence-corrected chi connectivity index (χ2v) is 5.26. The Bertz CT molecular complexity index is 345. The van der Waals surface area contributed by atoms with Crippen molar-refractivity contribution in [3.63, 3.8) is 0 Å². The van der Waals surface area contributed by atoms with Crippen molar-refractivity contribution in [2.45, 2.75) is 52.6 Å². The van der Waals surface area contributed by atoms with Gasteiger partial charge in [0.05, 0.1) is 12.0 Å². The van der Waals surface area contributed by atoms with Gasteiger partial charge in [0.1, 0.15) is 0 Å². The van der Waals surface area contributed by atoms with Crippen LogP contribution in [-0.2, 0) is 6.54 Å². The number of rotatable bonds is 5. The minimum Gasteiger partial charge on any atom is -0.334 e. The monoisotopic (exact) mass is 235 g/mol. The second-order valence-electron chi connectivity index (χ2n) is 5.26. The third-order valence-corrected chi connectivity index (χ3v) is 4.30. The first-order chi connectivity index (χ1) is 8.26. The molecule has 0 radical (unpaired) electrons. The summed E-state index contributed by atoms with van der Waals surface area (Å²) in [4.78, 5) is 4.48. The largest absolute Gasteiger partial charge is 0.334 e. The molecule has 0 spiro atoms. The average Bonchev–Trinajstić information content (AvgIpc) is 2.92. The van der Waals surface area contributed by atoms with E-state index in [4.69, 9.17) is 0 Å². The molecule has 1 saturated carbocycles. The van der Waals surface area contributed by atoms with Gasteiger partial charge in [-0.15, -0.1) is 0 Å². The minimum atomic E-state index is 0.669. The molecule has 1 aromatic rings. The molecule has 3 unspecified atom stereocenters. The summed E-state index contributed by atoms with van der Waals surface area (Å²) in [5.74, 6) is 1.70. The van der Waals surface area contributed by atoms with Gasteiger partial charge < -0.3 is 9.88 Å². The average molecular weight is 235 g/mol. The third kappa shape index (κ3) is 2.71. The van der Waals surface area contributed by atoms with Crippen molar-refractivity contribution in [3.05, 3.63) is 18.2 Å². The number of imidazole rings is 1. The molecule has 2 rings (SSSR count). The van der Waals surface area contributed by atoms with Crippen LogP contribution in [0.5, 0.6) is 0 Å². The smallest absolute Gasteiger partial charge is 0.0952 e. The van der Waals surface area contributed by atoms with E-state index in [-0.39, 0.29) is 0 Å². The van der Waals surface area contributed by atoms with E-state index >= 15 is 0 Å². The summed E-state index contributed by atoms with van der Waals surface area (Å²) < 4.78 is 2.34. The van der Waals surface area contributed by atoms with E-state index in [9.17, 15) is 0 Å². The zero-order valence-corrected chi connectivity index (χ0v) is 11.3. The lowest BCUT2D eigenvalue weighted by atomic mass is 9.93. The minimum absolute atomic E-state index is 0.669. The standard InChI is InChI=1S/C14H25N3/c1-4-12-6-7-14(11(12)3)17-9-13(16-10-17)8-15-5-2/h9-12,14-15H,4-8H2,1-3H3. The highest BCUT2D eigenvalue weighted by Gasteiger charge is 2.32. The van der Waals surface area contributed by atoms with Gasteiger partial charge in [0.15, 0.2) is 0 Å². The molecule has 1 aliphatic rings. The second kappa shape index (κ2) is 5.67. The van der Waals surface area contributed by atoms with Gasteiger partial charge in [0, 0.05) is 18.8 Å². The van der Waals surface area contributed by atoms with E-state index in [1.165, 1.54) is 25.0 Å². The van der Waals surface area contributed by atoms with E-state index in [0.717, 1.165) is 24.9 Å². The van der Waals surface area contributed by atoms with Gasteiger partial charge in [-0.2, -0.15) is 0 Å². The zero-order valence-electron chi connectivity index (χ0n) is 11.3. The molecule has 0 saturated heterocycles. The fourth-order valence-corrected chi connectivity index (χ4v) is 3.13. The Kier molecular flexibility index (Phi) is 4.21. The molecule has 3 atom stereocenters. The van der Waals surface area contributed by atoms with Crippen molar-refractivity contribution in [1.29, 1.82) is 0 Å². The lowest BCUT2D eigenvalue weighted by Gasteiger charge is -2.20. The van der Waals surface area contributed by atoms with Gasteiger partial charge >= 0.3 is 0 Å². The highest BCUT2D eigenvalue weighted by Crippen LogP contribution is 2.41. The van der Waals surface area contributed by atoms with Crippen LogP contribution in [0.2, 0.25) is 0 Å². The molecule has 1 aliphatic carbocycles. The predicted molar refractivity (Wildman–Crippen MR) is 70.8 cm³/mol. The van der Waals surface area contributed by atoms with Gasteiger partial charge in [0.25, 0.3) is 0 Å². The molecule has 1 N–H and O–H groups in total. The fourth-order valence-electron chi connectivity index (χ4n) is 3.13. The first-order valence-corrected chi connectivity index (χ1v) is 6.99. The van der Waals surface area contributed by atoms with Gasteiger partial charge in [-0.3, -0.25) is 0 Å². The Hall–Kier alpha value is -0.830. The normalized spacial score (nSPS) is 28.8. The summed E-state index contributed by atoms with van der Waals surface area (Å²) in [5.41, 5.74) is 1.17. The van der Waals surface area contributed by atoms with Crippen LogP contribution in [0.15, 0.2) is 12.5 Å². The Balaban J connectivity index is 2.00. The van der Waals surface area contributed by atoms with Crippen LogP contribution in [-0.4, -0.2) is 16.1 Å². The van der Waals surface area contributed by atoms with Crippen molar-refractivity contribution >= 4 is 0 Å². The van der Waals surface area contributed by atoms with E-state index in [1.54, 1.807) is 0 Å². The van der Waals surface area contributed by atoms with Crippen molar-refractivity contribution in [1.82, 2.24) is 14.9 Å². The van der Waals surface area contributed by atoms with Crippen LogP contribution in [0, 0.1) is 11.8 Å². The first-order valence-electron chi connectivity index (χ1n) is 6.99. The number of aromatic nitrogens is 2. The number of nitrogens with one attached hydrogen (secondary N) is 1. The summed E-state index contributed by atoms with van der Waals surface area (Å²) in [6.07, 6.45) is 8.25. The molecule has 0 aromatic carbocycles. The number of hydrogen-bond donors (Lipinski definition) is 1. The topological polar surface area (TPSA) is 29.9 Å². The summed E-state index contributed by atoms with van der Waals surface area (Å²) in [5, 5.41) is 3.32. The summed E-state index contributed by atoms with van der Waals surface area (Å²) in [7, 11) is 0. The molecule has 1 fully saturated rings. The van der Waals surface area contributed by atoms with Gasteiger partial charge in [0.2, 0.25) is 0 Å². The van der Waals surface area contributed by atoms with E-state index in [1.807, 2.05) is 6.33 Å². The Morgan fingerprint density at radius 3 is 2.88 bits per heavy atom. The molecule has 0 aliphatic heterocycles. The first kappa shape index (κ1) is 12.6. The Labute approximate surface area is 105 Å². The Morgan fingerprint density at radius 2 is 2.24 bits per heavy atom.